The Morgan fingerprint density at radius 2 is 1.92 bits per heavy atom. The van der Waals surface area contributed by atoms with Gasteiger partial charge in [-0.15, -0.1) is 12.4 Å². The molecule has 78 valence electrons. The highest BCUT2D eigenvalue weighted by Gasteiger charge is 2.17. The van der Waals surface area contributed by atoms with Crippen LogP contribution in [-0.2, 0) is 9.53 Å². The molecule has 0 aromatic carbocycles. The Morgan fingerprint density at radius 3 is 2.23 bits per heavy atom. The van der Waals surface area contributed by atoms with E-state index in [-0.39, 0.29) is 24.9 Å². The zero-order valence-electron chi connectivity index (χ0n) is 7.99. The van der Waals surface area contributed by atoms with Crippen molar-refractivity contribution in [3.63, 3.8) is 0 Å². The van der Waals surface area contributed by atoms with E-state index in [9.17, 15) is 9.59 Å². The zero-order valence-corrected chi connectivity index (χ0v) is 8.81. The van der Waals surface area contributed by atoms with Gasteiger partial charge in [0.05, 0.1) is 6.61 Å². The first-order valence-corrected chi connectivity index (χ1v) is 3.84. The lowest BCUT2D eigenvalue weighted by Gasteiger charge is -2.17. The molecular weight excluding hydrogens is 196 g/mol. The lowest BCUT2D eigenvalue weighted by atomic mass is 10.6. The highest BCUT2D eigenvalue weighted by atomic mass is 35.5. The lowest BCUT2D eigenvalue weighted by Crippen LogP contribution is -2.46. The van der Waals surface area contributed by atoms with Crippen molar-refractivity contribution in [2.24, 2.45) is 0 Å². The van der Waals surface area contributed by atoms with Crippen LogP contribution >= 0.6 is 12.4 Å². The number of halogens is 1. The van der Waals surface area contributed by atoms with Crippen LogP contribution in [0.1, 0.15) is 20.8 Å². The smallest absolute Gasteiger partial charge is 0.431 e. The molecule has 0 unspecified atom stereocenters. The number of carbonyl (C=O) groups is 2. The quantitative estimate of drug-likeness (QED) is 0.705. The van der Waals surface area contributed by atoms with E-state index in [1.165, 1.54) is 6.92 Å². The molecule has 0 radical (unpaired) electrons. The fourth-order valence-corrected chi connectivity index (χ4v) is 0.651. The van der Waals surface area contributed by atoms with Crippen LogP contribution in [0.15, 0.2) is 0 Å². The maximum Gasteiger partial charge on any atom is 0.431 e. The highest BCUT2D eigenvalue weighted by molar-refractivity contribution is 5.89. The van der Waals surface area contributed by atoms with E-state index >= 15 is 0 Å². The van der Waals surface area contributed by atoms with Gasteiger partial charge in [-0.05, 0) is 6.92 Å². The van der Waals surface area contributed by atoms with Gasteiger partial charge in [-0.2, -0.15) is 5.01 Å². The largest absolute Gasteiger partial charge is 0.448 e. The maximum absolute atomic E-state index is 11.0. The zero-order chi connectivity index (χ0) is 9.56. The van der Waals surface area contributed by atoms with E-state index in [1.54, 1.807) is 13.8 Å². The highest BCUT2D eigenvalue weighted by Crippen LogP contribution is 1.90. The topological polar surface area (TPSA) is 58.6 Å². The Labute approximate surface area is 83.8 Å². The SMILES string of the molecule is CCNN(C(C)=O)C(=O)OCC.Cl. The molecule has 1 N–H and O–H groups in total. The predicted molar refractivity (Wildman–Crippen MR) is 50.5 cm³/mol. The van der Waals surface area contributed by atoms with Gasteiger partial charge in [0.1, 0.15) is 0 Å². The lowest BCUT2D eigenvalue weighted by molar-refractivity contribution is -0.129. The van der Waals surface area contributed by atoms with Crippen molar-refractivity contribution in [2.75, 3.05) is 13.2 Å². The fourth-order valence-electron chi connectivity index (χ4n) is 0.651. The van der Waals surface area contributed by atoms with Crippen molar-refractivity contribution in [3.05, 3.63) is 0 Å². The number of nitrogens with one attached hydrogen (secondary N) is 1. The summed E-state index contributed by atoms with van der Waals surface area (Å²) in [6.07, 6.45) is -0.660. The summed E-state index contributed by atoms with van der Waals surface area (Å²) in [5.41, 5.74) is 2.58. The van der Waals surface area contributed by atoms with E-state index in [4.69, 9.17) is 0 Å². The van der Waals surface area contributed by atoms with Gasteiger partial charge in [0, 0.05) is 13.5 Å². The van der Waals surface area contributed by atoms with Crippen molar-refractivity contribution in [3.8, 4) is 0 Å². The summed E-state index contributed by atoms with van der Waals surface area (Å²) in [7, 11) is 0. The van der Waals surface area contributed by atoms with Crippen molar-refractivity contribution in [1.29, 1.82) is 0 Å². The molecule has 2 amide bonds. The van der Waals surface area contributed by atoms with Crippen molar-refractivity contribution in [1.82, 2.24) is 10.4 Å². The Hall–Kier alpha value is -0.810. The number of hydrogen-bond donors (Lipinski definition) is 1. The van der Waals surface area contributed by atoms with Crippen LogP contribution in [0.4, 0.5) is 4.79 Å². The first-order chi connectivity index (χ1) is 5.63. The molecule has 0 aromatic rings. The molecule has 5 nitrogen and oxygen atoms in total. The molecule has 6 heteroatoms. The fraction of sp³-hybridized carbons (Fsp3) is 0.714. The number of ether oxygens (including phenoxy) is 1. The van der Waals surface area contributed by atoms with E-state index in [0.29, 0.717) is 6.54 Å². The van der Waals surface area contributed by atoms with Crippen LogP contribution in [-0.4, -0.2) is 30.2 Å². The molecule has 0 saturated carbocycles. The summed E-state index contributed by atoms with van der Waals surface area (Å²) in [5.74, 6) is -0.379. The first kappa shape index (κ1) is 14.7. The monoisotopic (exact) mass is 210 g/mol. The van der Waals surface area contributed by atoms with Crippen LogP contribution in [0.2, 0.25) is 0 Å². The third-order valence-corrected chi connectivity index (χ3v) is 1.08. The Balaban J connectivity index is 0. The summed E-state index contributed by atoms with van der Waals surface area (Å²) in [4.78, 5) is 21.8. The molecule has 0 aliphatic rings. The van der Waals surface area contributed by atoms with Crippen LogP contribution in [0.25, 0.3) is 0 Å². The molecule has 0 rings (SSSR count). The van der Waals surface area contributed by atoms with Gasteiger partial charge in [-0.1, -0.05) is 6.92 Å². The second-order valence-electron chi connectivity index (χ2n) is 2.07. The number of hydrogen-bond acceptors (Lipinski definition) is 4. The molecule has 0 aliphatic carbocycles. The summed E-state index contributed by atoms with van der Waals surface area (Å²) in [6, 6.07) is 0. The Morgan fingerprint density at radius 1 is 1.38 bits per heavy atom. The van der Waals surface area contributed by atoms with Crippen molar-refractivity contribution >= 4 is 24.4 Å². The van der Waals surface area contributed by atoms with Gasteiger partial charge in [0.15, 0.2) is 0 Å². The molecular formula is C7H15ClN2O3. The third kappa shape index (κ3) is 5.43. The number of carbonyl (C=O) groups excluding carboxylic acids is 2. The average molecular weight is 211 g/mol. The number of hydrazine groups is 1. The summed E-state index contributed by atoms with van der Waals surface area (Å²) >= 11 is 0. The number of amides is 2. The van der Waals surface area contributed by atoms with Crippen molar-refractivity contribution < 1.29 is 14.3 Å². The van der Waals surface area contributed by atoms with Gasteiger partial charge in [0.25, 0.3) is 0 Å². The van der Waals surface area contributed by atoms with Gasteiger partial charge < -0.3 is 4.74 Å². The summed E-state index contributed by atoms with van der Waals surface area (Å²) in [6.45, 7) is 5.52. The maximum atomic E-state index is 11.0. The number of imide groups is 1. The second-order valence-corrected chi connectivity index (χ2v) is 2.07. The normalized spacial score (nSPS) is 8.54. The van der Waals surface area contributed by atoms with Gasteiger partial charge >= 0.3 is 6.09 Å². The molecule has 0 atom stereocenters. The van der Waals surface area contributed by atoms with Crippen LogP contribution in [0, 0.1) is 0 Å². The van der Waals surface area contributed by atoms with Gasteiger partial charge in [-0.25, -0.2) is 10.2 Å². The van der Waals surface area contributed by atoms with Crippen LogP contribution in [0.3, 0.4) is 0 Å². The molecule has 0 fully saturated rings. The van der Waals surface area contributed by atoms with E-state index in [2.05, 4.69) is 10.2 Å². The minimum absolute atomic E-state index is 0. The molecule has 0 saturated heterocycles. The second kappa shape index (κ2) is 7.82. The molecule has 0 bridgehead atoms. The van der Waals surface area contributed by atoms with Gasteiger partial charge in [-0.3, -0.25) is 4.79 Å². The average Bonchev–Trinajstić information content (AvgIpc) is 1.99. The standard InChI is InChI=1S/C7H14N2O3.ClH/c1-4-8-9(6(3)10)7(11)12-5-2;/h8H,4-5H2,1-3H3;1H. The first-order valence-electron chi connectivity index (χ1n) is 3.84. The Bertz CT molecular complexity index is 175. The molecule has 0 aliphatic heterocycles. The molecule has 0 spiro atoms. The van der Waals surface area contributed by atoms with Crippen molar-refractivity contribution in [2.45, 2.75) is 20.8 Å². The molecule has 0 heterocycles. The van der Waals surface area contributed by atoms with Crippen LogP contribution < -0.4 is 5.43 Å². The summed E-state index contributed by atoms with van der Waals surface area (Å²) in [5, 5.41) is 0.851. The molecule has 13 heavy (non-hydrogen) atoms. The Kier molecular flexibility index (Phi) is 8.84. The van der Waals surface area contributed by atoms with Crippen LogP contribution in [0.5, 0.6) is 0 Å². The number of nitrogens with zero attached hydrogens (tertiary/aromatic N) is 1. The van der Waals surface area contributed by atoms with E-state index in [1.807, 2.05) is 0 Å². The van der Waals surface area contributed by atoms with Gasteiger partial charge in [0.2, 0.25) is 5.91 Å². The third-order valence-electron chi connectivity index (χ3n) is 1.08. The molecule has 0 aromatic heterocycles. The van der Waals surface area contributed by atoms with E-state index < -0.39 is 6.09 Å². The number of rotatable bonds is 3. The predicted octanol–water partition coefficient (Wildman–Crippen LogP) is 0.938. The minimum Gasteiger partial charge on any atom is -0.448 e. The summed E-state index contributed by atoms with van der Waals surface area (Å²) < 4.78 is 4.62. The van der Waals surface area contributed by atoms with E-state index in [0.717, 1.165) is 5.01 Å². The minimum atomic E-state index is -0.660.